The van der Waals surface area contributed by atoms with Gasteiger partial charge in [-0.1, -0.05) is 46.8 Å². The number of rotatable bonds is 5. The molecule has 0 aliphatic carbocycles. The van der Waals surface area contributed by atoms with Gasteiger partial charge in [-0.05, 0) is 34.0 Å². The lowest BCUT2D eigenvalue weighted by Gasteiger charge is -2.37. The Morgan fingerprint density at radius 1 is 1.07 bits per heavy atom. The van der Waals surface area contributed by atoms with Crippen LogP contribution in [-0.2, 0) is 4.74 Å². The van der Waals surface area contributed by atoms with Crippen molar-refractivity contribution in [2.75, 3.05) is 31.2 Å². The summed E-state index contributed by atoms with van der Waals surface area (Å²) in [4.78, 5) is 12.1. The minimum Gasteiger partial charge on any atom is -0.549 e. The number of aromatic nitrogens is 2. The molecule has 1 aromatic carbocycles. The van der Waals surface area contributed by atoms with Crippen LogP contribution in [0, 0.1) is 5.41 Å². The fraction of sp³-hybridized carbons (Fsp3) is 0.478. The minimum absolute atomic E-state index is 0.193. The fourth-order valence-corrected chi connectivity index (χ4v) is 5.16. The van der Waals surface area contributed by atoms with Gasteiger partial charge >= 0.3 is 0 Å². The number of fused-ring (bicyclic) bond motifs is 1. The molecule has 2 aromatic heterocycles. The maximum absolute atomic E-state index is 6.34. The van der Waals surface area contributed by atoms with Crippen LogP contribution in [0.4, 0.5) is 5.82 Å². The summed E-state index contributed by atoms with van der Waals surface area (Å²) in [6.45, 7) is 14.7. The number of hydrogen-bond acceptors (Lipinski definition) is 6. The molecule has 1 aliphatic heterocycles. The van der Waals surface area contributed by atoms with Gasteiger partial charge in [0.25, 0.3) is 0 Å². The van der Waals surface area contributed by atoms with Crippen molar-refractivity contribution in [3.05, 3.63) is 35.7 Å². The molecule has 30 heavy (non-hydrogen) atoms. The van der Waals surface area contributed by atoms with E-state index in [4.69, 9.17) is 19.1 Å². The molecule has 0 saturated carbocycles. The quantitative estimate of drug-likeness (QED) is 0.527. The molecule has 3 heterocycles. The number of hydrogen-bond donors (Lipinski definition) is 0. The van der Waals surface area contributed by atoms with Gasteiger partial charge in [0.15, 0.2) is 11.6 Å². The monoisotopic (exact) mass is 441 g/mol. The molecule has 7 heteroatoms. The summed E-state index contributed by atoms with van der Waals surface area (Å²) in [6, 6.07) is 10.3. The summed E-state index contributed by atoms with van der Waals surface area (Å²) in [6.07, 6.45) is 0. The van der Waals surface area contributed by atoms with Crippen LogP contribution in [0.1, 0.15) is 34.6 Å². The highest BCUT2D eigenvalue weighted by Gasteiger charge is 2.34. The smallest absolute Gasteiger partial charge is 0.225 e. The van der Waals surface area contributed by atoms with Crippen molar-refractivity contribution in [3.63, 3.8) is 0 Å². The van der Waals surface area contributed by atoms with E-state index >= 15 is 0 Å². The Labute approximate surface area is 185 Å². The second-order valence-electron chi connectivity index (χ2n) is 9.56. The molecular weight excluding hydrogens is 410 g/mol. The Bertz CT molecular complexity index is 1020. The predicted octanol–water partition coefficient (Wildman–Crippen LogP) is 4.90. The van der Waals surface area contributed by atoms with E-state index in [2.05, 4.69) is 63.1 Å². The Hall–Kier alpha value is -1.96. The van der Waals surface area contributed by atoms with Gasteiger partial charge in [-0.15, -0.1) is 11.3 Å². The van der Waals surface area contributed by atoms with E-state index in [-0.39, 0.29) is 10.5 Å². The highest BCUT2D eigenvalue weighted by atomic mass is 32.1. The van der Waals surface area contributed by atoms with Gasteiger partial charge in [-0.2, -0.15) is 0 Å². The second kappa shape index (κ2) is 8.28. The predicted molar refractivity (Wildman–Crippen MR) is 129 cm³/mol. The molecule has 4 rings (SSSR count). The highest BCUT2D eigenvalue weighted by molar-refractivity contribution is 7.17. The van der Waals surface area contributed by atoms with Crippen molar-refractivity contribution in [2.24, 2.45) is 5.41 Å². The zero-order valence-corrected chi connectivity index (χ0v) is 20.8. The van der Waals surface area contributed by atoms with Crippen molar-refractivity contribution in [2.45, 2.75) is 39.7 Å². The standard InChI is InChI=1S/C23H31N3O2SSi/c1-22(2,3)23(4,5)30-28-17-8-6-7-16(15-17)20-24-18-9-14-29-19(18)21(25-20)26-10-12-27-13-11-26/h6-9,14-15H,10-13,30H2,1-5H3. The molecule has 5 nitrogen and oxygen atoms in total. The lowest BCUT2D eigenvalue weighted by molar-refractivity contribution is 0.122. The molecule has 0 bridgehead atoms. The molecule has 0 N–H and O–H groups in total. The maximum Gasteiger partial charge on any atom is 0.225 e. The molecule has 0 spiro atoms. The average Bonchev–Trinajstić information content (AvgIpc) is 3.20. The third kappa shape index (κ3) is 4.38. The van der Waals surface area contributed by atoms with Crippen LogP contribution in [0.3, 0.4) is 0 Å². The summed E-state index contributed by atoms with van der Waals surface area (Å²) in [7, 11) is -0.769. The summed E-state index contributed by atoms with van der Waals surface area (Å²) < 4.78 is 13.0. The third-order valence-electron chi connectivity index (χ3n) is 6.32. The molecule has 3 aromatic rings. The number of ether oxygens (including phenoxy) is 1. The van der Waals surface area contributed by atoms with E-state index < -0.39 is 9.76 Å². The van der Waals surface area contributed by atoms with E-state index in [0.29, 0.717) is 0 Å². The van der Waals surface area contributed by atoms with Gasteiger partial charge in [-0.3, -0.25) is 0 Å². The topological polar surface area (TPSA) is 47.5 Å². The molecule has 0 amide bonds. The Kier molecular flexibility index (Phi) is 5.88. The van der Waals surface area contributed by atoms with E-state index in [0.717, 1.165) is 59.5 Å². The number of nitrogens with zero attached hydrogens (tertiary/aromatic N) is 3. The van der Waals surface area contributed by atoms with E-state index in [1.165, 1.54) is 0 Å². The van der Waals surface area contributed by atoms with Crippen molar-refractivity contribution in [1.82, 2.24) is 9.97 Å². The van der Waals surface area contributed by atoms with Gasteiger partial charge in [0, 0.05) is 18.7 Å². The molecule has 0 unspecified atom stereocenters. The van der Waals surface area contributed by atoms with Crippen molar-refractivity contribution in [1.29, 1.82) is 0 Å². The first kappa shape index (κ1) is 21.3. The Morgan fingerprint density at radius 2 is 1.83 bits per heavy atom. The van der Waals surface area contributed by atoms with E-state index in [1.807, 2.05) is 12.1 Å². The lowest BCUT2D eigenvalue weighted by Crippen LogP contribution is -2.36. The molecule has 1 saturated heterocycles. The Morgan fingerprint density at radius 3 is 2.57 bits per heavy atom. The van der Waals surface area contributed by atoms with Gasteiger partial charge in [0.1, 0.15) is 5.75 Å². The van der Waals surface area contributed by atoms with Gasteiger partial charge < -0.3 is 14.1 Å². The maximum atomic E-state index is 6.34. The zero-order chi connectivity index (χ0) is 21.4. The summed E-state index contributed by atoms with van der Waals surface area (Å²) in [5, 5.41) is 2.28. The van der Waals surface area contributed by atoms with Crippen LogP contribution in [0.25, 0.3) is 21.6 Å². The SMILES string of the molecule is CC(C)(C)C(C)(C)[SiH2]Oc1cccc(-c2nc(N3CCOCC3)c3sccc3n2)c1. The molecular formula is C23H31N3O2SSi. The third-order valence-corrected chi connectivity index (χ3v) is 9.48. The molecule has 0 radical (unpaired) electrons. The van der Waals surface area contributed by atoms with Crippen molar-refractivity contribution >= 4 is 37.1 Å². The number of benzene rings is 1. The van der Waals surface area contributed by atoms with Crippen LogP contribution in [-0.4, -0.2) is 46.0 Å². The molecule has 1 fully saturated rings. The first-order valence-electron chi connectivity index (χ1n) is 10.6. The van der Waals surface area contributed by atoms with Gasteiger partial charge in [-0.25, -0.2) is 9.97 Å². The average molecular weight is 442 g/mol. The van der Waals surface area contributed by atoms with Gasteiger partial charge in [0.2, 0.25) is 9.76 Å². The second-order valence-corrected chi connectivity index (χ2v) is 12.8. The van der Waals surface area contributed by atoms with E-state index in [1.54, 1.807) is 11.3 Å². The summed E-state index contributed by atoms with van der Waals surface area (Å²) in [5.74, 6) is 2.69. The van der Waals surface area contributed by atoms with Crippen LogP contribution >= 0.6 is 11.3 Å². The largest absolute Gasteiger partial charge is 0.549 e. The van der Waals surface area contributed by atoms with Crippen molar-refractivity contribution in [3.8, 4) is 17.1 Å². The van der Waals surface area contributed by atoms with Crippen LogP contribution in [0.2, 0.25) is 5.04 Å². The highest BCUT2D eigenvalue weighted by Crippen LogP contribution is 2.43. The molecule has 0 atom stereocenters. The summed E-state index contributed by atoms with van der Waals surface area (Å²) >= 11 is 1.70. The number of thiophene rings is 1. The fourth-order valence-electron chi connectivity index (χ4n) is 3.17. The first-order chi connectivity index (χ1) is 14.2. The van der Waals surface area contributed by atoms with Crippen LogP contribution in [0.5, 0.6) is 5.75 Å². The van der Waals surface area contributed by atoms with Crippen LogP contribution in [0.15, 0.2) is 35.7 Å². The normalized spacial score (nSPS) is 16.0. The summed E-state index contributed by atoms with van der Waals surface area (Å²) in [5.41, 5.74) is 2.22. The first-order valence-corrected chi connectivity index (χ1v) is 12.7. The molecule has 1 aliphatic rings. The molecule has 160 valence electrons. The lowest BCUT2D eigenvalue weighted by atomic mass is 9.82. The van der Waals surface area contributed by atoms with E-state index in [9.17, 15) is 0 Å². The minimum atomic E-state index is -0.769. The number of anilines is 1. The van der Waals surface area contributed by atoms with Gasteiger partial charge in [0.05, 0.1) is 23.4 Å². The van der Waals surface area contributed by atoms with Crippen LogP contribution < -0.4 is 9.33 Å². The van der Waals surface area contributed by atoms with Crippen molar-refractivity contribution < 1.29 is 9.16 Å². The zero-order valence-electron chi connectivity index (χ0n) is 18.6. The number of morpholine rings is 1. The Balaban J connectivity index is 1.63.